The zero-order valence-corrected chi connectivity index (χ0v) is 20.4. The number of hydrogen-bond acceptors (Lipinski definition) is 5. The van der Waals surface area contributed by atoms with Crippen molar-refractivity contribution in [2.75, 3.05) is 13.2 Å². The van der Waals surface area contributed by atoms with E-state index in [-0.39, 0.29) is 17.4 Å². The van der Waals surface area contributed by atoms with Gasteiger partial charge in [-0.05, 0) is 38.8 Å². The van der Waals surface area contributed by atoms with Crippen LogP contribution in [0.15, 0.2) is 23.0 Å². The third-order valence-corrected chi connectivity index (χ3v) is 5.37. The van der Waals surface area contributed by atoms with Gasteiger partial charge in [0.15, 0.2) is 5.75 Å². The predicted octanol–water partition coefficient (Wildman–Crippen LogP) is 6.43. The van der Waals surface area contributed by atoms with Crippen LogP contribution in [0.5, 0.6) is 17.2 Å². The fourth-order valence-electron chi connectivity index (χ4n) is 3.71. The molecule has 178 valence electrons. The van der Waals surface area contributed by atoms with Crippen molar-refractivity contribution in [2.24, 2.45) is 0 Å². The van der Waals surface area contributed by atoms with Crippen LogP contribution in [-0.4, -0.2) is 23.8 Å². The van der Waals surface area contributed by atoms with Gasteiger partial charge in [-0.1, -0.05) is 52.4 Å². The Morgan fingerprint density at radius 2 is 1.56 bits per heavy atom. The Balaban J connectivity index is 2.37. The van der Waals surface area contributed by atoms with Gasteiger partial charge in [0.25, 0.3) is 5.56 Å². The van der Waals surface area contributed by atoms with Crippen LogP contribution >= 0.6 is 0 Å². The predicted molar refractivity (Wildman–Crippen MR) is 129 cm³/mol. The minimum absolute atomic E-state index is 0.0458. The lowest BCUT2D eigenvalue weighted by molar-refractivity contribution is -0.132. The molecule has 0 atom stereocenters. The Morgan fingerprint density at radius 3 is 2.22 bits per heavy atom. The van der Waals surface area contributed by atoms with E-state index in [1.54, 1.807) is 4.57 Å². The molecule has 1 aromatic carbocycles. The summed E-state index contributed by atoms with van der Waals surface area (Å²) in [7, 11) is 0. The fraction of sp³-hybridized carbons (Fsp3) is 0.615. The summed E-state index contributed by atoms with van der Waals surface area (Å²) in [4.78, 5) is 25.0. The monoisotopic (exact) mass is 445 g/mol. The molecule has 0 aliphatic carbocycles. The summed E-state index contributed by atoms with van der Waals surface area (Å²) in [6, 6.07) is 5.54. The smallest absolute Gasteiger partial charge is 0.308 e. The van der Waals surface area contributed by atoms with E-state index in [0.717, 1.165) is 36.8 Å². The van der Waals surface area contributed by atoms with E-state index in [0.29, 0.717) is 24.5 Å². The number of carbonyl (C=O) groups is 1. The number of esters is 1. The number of nitrogens with zero attached hydrogens (tertiary/aromatic N) is 1. The molecule has 0 spiro atoms. The molecule has 0 saturated heterocycles. The Bertz CT molecular complexity index is 932. The summed E-state index contributed by atoms with van der Waals surface area (Å²) in [5.74, 6) is 0.458. The van der Waals surface area contributed by atoms with E-state index >= 15 is 0 Å². The number of unbranched alkanes of at least 4 members (excludes halogenated alkanes) is 6. The quantitative estimate of drug-likeness (QED) is 0.248. The summed E-state index contributed by atoms with van der Waals surface area (Å²) in [6.07, 6.45) is 9.01. The molecule has 1 aromatic heterocycles. The number of rotatable bonds is 14. The summed E-state index contributed by atoms with van der Waals surface area (Å²) in [6.45, 7) is 10.5. The highest BCUT2D eigenvalue weighted by Gasteiger charge is 2.22. The van der Waals surface area contributed by atoms with Crippen LogP contribution in [0.25, 0.3) is 10.9 Å². The van der Waals surface area contributed by atoms with E-state index in [9.17, 15) is 9.59 Å². The van der Waals surface area contributed by atoms with E-state index in [2.05, 4.69) is 13.8 Å². The van der Waals surface area contributed by atoms with Crippen molar-refractivity contribution in [2.45, 2.75) is 92.0 Å². The summed E-state index contributed by atoms with van der Waals surface area (Å²) < 4.78 is 18.9. The zero-order valence-electron chi connectivity index (χ0n) is 20.4. The van der Waals surface area contributed by atoms with E-state index in [1.807, 2.05) is 32.0 Å². The lowest BCUT2D eigenvalue weighted by Crippen LogP contribution is -2.26. The van der Waals surface area contributed by atoms with E-state index in [1.165, 1.54) is 32.6 Å². The van der Waals surface area contributed by atoms with Crippen LogP contribution in [-0.2, 0) is 4.79 Å². The van der Waals surface area contributed by atoms with Gasteiger partial charge < -0.3 is 18.8 Å². The normalized spacial score (nSPS) is 11.2. The summed E-state index contributed by atoms with van der Waals surface area (Å²) in [5.41, 5.74) is 0.343. The zero-order chi connectivity index (χ0) is 23.5. The molecule has 0 N–H and O–H groups in total. The molecule has 0 unspecified atom stereocenters. The first kappa shape index (κ1) is 25.8. The summed E-state index contributed by atoms with van der Waals surface area (Å²) in [5, 5.41) is 0.734. The number of pyridine rings is 1. The standard InChI is InChI=1S/C26H39NO5/c1-6-8-10-11-12-13-17-30-21-14-15-22-23(18-21)27(19(3)4)26(29)25(32-20(5)28)24(22)31-16-9-7-2/h14-15,18-19H,6-13,16-17H2,1-5H3. The van der Waals surface area contributed by atoms with Gasteiger partial charge in [0, 0.05) is 24.4 Å². The molecule has 1 heterocycles. The molecule has 0 aliphatic rings. The van der Waals surface area contributed by atoms with Crippen LogP contribution in [0.2, 0.25) is 0 Å². The molecule has 32 heavy (non-hydrogen) atoms. The van der Waals surface area contributed by atoms with Crippen molar-refractivity contribution in [1.29, 1.82) is 0 Å². The molecule has 0 radical (unpaired) electrons. The Kier molecular flexibility index (Phi) is 10.6. The van der Waals surface area contributed by atoms with E-state index in [4.69, 9.17) is 14.2 Å². The van der Waals surface area contributed by atoms with Gasteiger partial charge >= 0.3 is 5.97 Å². The van der Waals surface area contributed by atoms with Gasteiger partial charge in [-0.25, -0.2) is 0 Å². The molecular formula is C26H39NO5. The van der Waals surface area contributed by atoms with E-state index < -0.39 is 5.97 Å². The summed E-state index contributed by atoms with van der Waals surface area (Å²) >= 11 is 0. The van der Waals surface area contributed by atoms with Crippen LogP contribution < -0.4 is 19.8 Å². The second-order valence-corrected chi connectivity index (χ2v) is 8.52. The Labute approximate surface area is 191 Å². The number of fused-ring (bicyclic) bond motifs is 1. The van der Waals surface area contributed by atoms with Crippen LogP contribution in [0, 0.1) is 0 Å². The molecule has 6 nitrogen and oxygen atoms in total. The minimum atomic E-state index is -0.545. The van der Waals surface area contributed by atoms with Crippen LogP contribution in [0.3, 0.4) is 0 Å². The maximum absolute atomic E-state index is 13.3. The second-order valence-electron chi connectivity index (χ2n) is 8.52. The average Bonchev–Trinajstić information content (AvgIpc) is 2.74. The highest BCUT2D eigenvalue weighted by atomic mass is 16.6. The number of aromatic nitrogens is 1. The van der Waals surface area contributed by atoms with Gasteiger partial charge in [0.05, 0.1) is 18.7 Å². The fourth-order valence-corrected chi connectivity index (χ4v) is 3.71. The minimum Gasteiger partial charge on any atom is -0.494 e. The first-order valence-electron chi connectivity index (χ1n) is 12.1. The third kappa shape index (κ3) is 7.01. The highest BCUT2D eigenvalue weighted by Crippen LogP contribution is 2.36. The van der Waals surface area contributed by atoms with Crippen molar-refractivity contribution in [3.05, 3.63) is 28.6 Å². The highest BCUT2D eigenvalue weighted by molar-refractivity contribution is 5.90. The molecule has 6 heteroatoms. The molecule has 0 aliphatic heterocycles. The molecule has 0 saturated carbocycles. The van der Waals surface area contributed by atoms with Crippen LogP contribution in [0.1, 0.15) is 92.0 Å². The molecular weight excluding hydrogens is 406 g/mol. The van der Waals surface area contributed by atoms with Crippen molar-refractivity contribution >= 4 is 16.9 Å². The Morgan fingerprint density at radius 1 is 0.906 bits per heavy atom. The maximum Gasteiger partial charge on any atom is 0.308 e. The van der Waals surface area contributed by atoms with Gasteiger partial charge in [-0.15, -0.1) is 0 Å². The molecule has 2 rings (SSSR count). The van der Waals surface area contributed by atoms with Gasteiger partial charge in [0.1, 0.15) is 5.75 Å². The maximum atomic E-state index is 13.3. The molecule has 2 aromatic rings. The number of hydrogen-bond donors (Lipinski definition) is 0. The number of benzene rings is 1. The molecule has 0 amide bonds. The van der Waals surface area contributed by atoms with Gasteiger partial charge in [-0.2, -0.15) is 0 Å². The SMILES string of the molecule is CCCCCCCCOc1ccc2c(OCCCC)c(OC(C)=O)c(=O)n(C(C)C)c2c1. The van der Waals surface area contributed by atoms with Crippen molar-refractivity contribution in [1.82, 2.24) is 4.57 Å². The number of ether oxygens (including phenoxy) is 3. The lowest BCUT2D eigenvalue weighted by Gasteiger charge is -2.20. The first-order chi connectivity index (χ1) is 15.4. The lowest BCUT2D eigenvalue weighted by atomic mass is 10.1. The average molecular weight is 446 g/mol. The topological polar surface area (TPSA) is 66.8 Å². The van der Waals surface area contributed by atoms with Crippen molar-refractivity contribution in [3.63, 3.8) is 0 Å². The second kappa shape index (κ2) is 13.1. The number of carbonyl (C=O) groups excluding carboxylic acids is 1. The molecule has 0 fully saturated rings. The van der Waals surface area contributed by atoms with Crippen molar-refractivity contribution < 1.29 is 19.0 Å². The Hall–Kier alpha value is -2.50. The first-order valence-corrected chi connectivity index (χ1v) is 12.1. The van der Waals surface area contributed by atoms with Crippen molar-refractivity contribution in [3.8, 4) is 17.2 Å². The largest absolute Gasteiger partial charge is 0.494 e. The van der Waals surface area contributed by atoms with Gasteiger partial charge in [-0.3, -0.25) is 9.59 Å². The third-order valence-electron chi connectivity index (χ3n) is 5.37. The van der Waals surface area contributed by atoms with Gasteiger partial charge in [0.2, 0.25) is 5.75 Å². The molecule has 0 bridgehead atoms. The van der Waals surface area contributed by atoms with Crippen LogP contribution in [0.4, 0.5) is 0 Å².